The van der Waals surface area contributed by atoms with E-state index >= 15 is 0 Å². The van der Waals surface area contributed by atoms with Crippen molar-refractivity contribution < 1.29 is 44.2 Å². The Hall–Kier alpha value is -2.63. The lowest BCUT2D eigenvalue weighted by Gasteiger charge is -2.39. The van der Waals surface area contributed by atoms with Crippen LogP contribution in [0.1, 0.15) is 219 Å². The summed E-state index contributed by atoms with van der Waals surface area (Å²) in [6, 6.07) is 0. The average Bonchev–Trinajstić information content (AvgIpc) is 3.34. The van der Waals surface area contributed by atoms with Crippen LogP contribution in [-0.2, 0) is 23.7 Å². The highest BCUT2D eigenvalue weighted by Gasteiger charge is 2.44. The minimum absolute atomic E-state index is 0.123. The predicted molar refractivity (Wildman–Crippen MR) is 283 cm³/mol. The van der Waals surface area contributed by atoms with E-state index in [2.05, 4.69) is 98.9 Å². The van der Waals surface area contributed by atoms with E-state index in [1.807, 2.05) is 0 Å². The van der Waals surface area contributed by atoms with Crippen LogP contribution in [0.15, 0.2) is 85.1 Å². The van der Waals surface area contributed by atoms with Crippen LogP contribution in [0.3, 0.4) is 0 Å². The zero-order valence-corrected chi connectivity index (χ0v) is 43.3. The summed E-state index contributed by atoms with van der Waals surface area (Å²) in [6.45, 7) is 4.42. The van der Waals surface area contributed by atoms with Gasteiger partial charge < -0.3 is 39.4 Å². The van der Waals surface area contributed by atoms with Crippen LogP contribution in [0.2, 0.25) is 0 Å². The third-order valence-corrected chi connectivity index (χ3v) is 12.3. The number of carbonyl (C=O) groups is 1. The molecule has 1 fully saturated rings. The molecule has 0 aliphatic carbocycles. The van der Waals surface area contributed by atoms with E-state index in [1.54, 1.807) is 0 Å². The van der Waals surface area contributed by atoms with Gasteiger partial charge in [0.1, 0.15) is 30.5 Å². The van der Waals surface area contributed by atoms with Gasteiger partial charge in [-0.25, -0.2) is 0 Å². The summed E-state index contributed by atoms with van der Waals surface area (Å²) in [5.74, 6) is -0.327. The molecule has 0 radical (unpaired) electrons. The molecule has 0 aromatic heterocycles. The van der Waals surface area contributed by atoms with E-state index < -0.39 is 43.4 Å². The largest absolute Gasteiger partial charge is 0.457 e. The lowest BCUT2D eigenvalue weighted by Crippen LogP contribution is -2.59. The van der Waals surface area contributed by atoms with Crippen LogP contribution in [0.4, 0.5) is 0 Å². The summed E-state index contributed by atoms with van der Waals surface area (Å²) in [4.78, 5) is 12.9. The Morgan fingerprint density at radius 1 is 0.485 bits per heavy atom. The van der Waals surface area contributed by atoms with Crippen LogP contribution >= 0.6 is 0 Å². The Morgan fingerprint density at radius 3 is 1.35 bits per heavy atom. The molecule has 0 aromatic rings. The molecular formula is C59H102O9. The van der Waals surface area contributed by atoms with Crippen molar-refractivity contribution in [3.05, 3.63) is 85.1 Å². The molecule has 68 heavy (non-hydrogen) atoms. The first kappa shape index (κ1) is 63.4. The third-order valence-electron chi connectivity index (χ3n) is 12.3. The Morgan fingerprint density at radius 2 is 0.897 bits per heavy atom. The van der Waals surface area contributed by atoms with Gasteiger partial charge in [0.05, 0.1) is 19.8 Å². The van der Waals surface area contributed by atoms with E-state index in [0.717, 1.165) is 83.5 Å². The zero-order valence-electron chi connectivity index (χ0n) is 43.3. The highest BCUT2D eigenvalue weighted by atomic mass is 16.7. The highest BCUT2D eigenvalue weighted by molar-refractivity contribution is 5.69. The van der Waals surface area contributed by atoms with Gasteiger partial charge in [-0.1, -0.05) is 208 Å². The highest BCUT2D eigenvalue weighted by Crippen LogP contribution is 2.23. The number of hydrogen-bond acceptors (Lipinski definition) is 9. The number of aliphatic hydroxyl groups is 4. The first-order valence-corrected chi connectivity index (χ1v) is 27.7. The van der Waals surface area contributed by atoms with Crippen molar-refractivity contribution in [1.82, 2.24) is 0 Å². The van der Waals surface area contributed by atoms with Gasteiger partial charge in [0, 0.05) is 13.0 Å². The SMILES string of the molecule is CC/C=C\C/C=C\C/C=C\C/C=C\C/C=C\CCCCCCCCCC(=O)OC(COCCCCCCCCCCCC/C=C\C/C=C\CCCCCCC)COC1OC(CO)C(O)C(O)C1O. The average molecular weight is 955 g/mol. The number of unbranched alkanes of at least 4 members (excludes halogenated alkanes) is 22. The summed E-state index contributed by atoms with van der Waals surface area (Å²) in [5, 5.41) is 40.3. The lowest BCUT2D eigenvalue weighted by molar-refractivity contribution is -0.305. The number of hydrogen-bond donors (Lipinski definition) is 4. The number of rotatable bonds is 47. The molecule has 6 unspecified atom stereocenters. The van der Waals surface area contributed by atoms with Gasteiger partial charge in [0.15, 0.2) is 6.29 Å². The molecule has 0 amide bonds. The molecule has 0 spiro atoms. The van der Waals surface area contributed by atoms with Crippen molar-refractivity contribution in [2.24, 2.45) is 0 Å². The van der Waals surface area contributed by atoms with E-state index in [-0.39, 0.29) is 19.2 Å². The Balaban J connectivity index is 2.20. The van der Waals surface area contributed by atoms with Gasteiger partial charge in [-0.2, -0.15) is 0 Å². The van der Waals surface area contributed by atoms with Crippen molar-refractivity contribution in [3.8, 4) is 0 Å². The predicted octanol–water partition coefficient (Wildman–Crippen LogP) is 14.1. The lowest BCUT2D eigenvalue weighted by atomic mass is 9.99. The zero-order chi connectivity index (χ0) is 49.2. The van der Waals surface area contributed by atoms with Crippen molar-refractivity contribution >= 4 is 5.97 Å². The molecular weight excluding hydrogens is 853 g/mol. The fraction of sp³-hybridized carbons (Fsp3) is 0.746. The molecule has 0 bridgehead atoms. The van der Waals surface area contributed by atoms with Gasteiger partial charge in [-0.15, -0.1) is 0 Å². The van der Waals surface area contributed by atoms with Crippen molar-refractivity contribution in [1.29, 1.82) is 0 Å². The molecule has 1 rings (SSSR count). The molecule has 0 saturated carbocycles. The molecule has 1 aliphatic heterocycles. The van der Waals surface area contributed by atoms with Crippen LogP contribution < -0.4 is 0 Å². The number of allylic oxidation sites excluding steroid dienone is 14. The first-order chi connectivity index (χ1) is 33.4. The molecule has 9 nitrogen and oxygen atoms in total. The normalized spacial score (nSPS) is 19.8. The monoisotopic (exact) mass is 955 g/mol. The molecule has 1 aliphatic rings. The number of aliphatic hydroxyl groups excluding tert-OH is 4. The van der Waals surface area contributed by atoms with Gasteiger partial charge in [-0.05, 0) is 89.9 Å². The maximum absolute atomic E-state index is 12.9. The number of esters is 1. The topological polar surface area (TPSA) is 135 Å². The number of carbonyl (C=O) groups excluding carboxylic acids is 1. The Labute approximate surface area is 416 Å². The van der Waals surface area contributed by atoms with Crippen molar-refractivity contribution in [3.63, 3.8) is 0 Å². The standard InChI is InChI=1S/C59H102O9/c1-3-5-7-9-11-13-15-17-19-21-23-25-27-28-30-32-34-36-38-40-42-44-46-48-55(61)67-53(52-66-59-58(64)57(63)56(62)54(50-60)68-59)51-65-49-47-45-43-41-39-37-35-33-31-29-26-24-22-20-18-16-14-12-10-8-6-4-2/h5,7,11,13,16-19,22-25,28,30,53-54,56-60,62-64H,3-4,6,8-10,12,14-15,20-21,26-27,29,31-52H2,1-2H3/b7-5-,13-11-,18-16-,19-17-,24-22-,25-23-,30-28-. The summed E-state index contributed by atoms with van der Waals surface area (Å²) >= 11 is 0. The summed E-state index contributed by atoms with van der Waals surface area (Å²) < 4.78 is 22.9. The van der Waals surface area contributed by atoms with Crippen LogP contribution in [0.25, 0.3) is 0 Å². The van der Waals surface area contributed by atoms with Gasteiger partial charge in [0.2, 0.25) is 0 Å². The fourth-order valence-corrected chi connectivity index (χ4v) is 8.02. The minimum Gasteiger partial charge on any atom is -0.457 e. The maximum Gasteiger partial charge on any atom is 0.306 e. The van der Waals surface area contributed by atoms with Gasteiger partial charge >= 0.3 is 5.97 Å². The third kappa shape index (κ3) is 39.1. The maximum atomic E-state index is 12.9. The molecule has 1 saturated heterocycles. The summed E-state index contributed by atoms with van der Waals surface area (Å²) in [5.41, 5.74) is 0. The van der Waals surface area contributed by atoms with Crippen LogP contribution in [0, 0.1) is 0 Å². The minimum atomic E-state index is -1.54. The van der Waals surface area contributed by atoms with Crippen LogP contribution in [0.5, 0.6) is 0 Å². The fourth-order valence-electron chi connectivity index (χ4n) is 8.02. The molecule has 1 heterocycles. The Kier molecular flexibility index (Phi) is 46.0. The van der Waals surface area contributed by atoms with Crippen molar-refractivity contribution in [2.75, 3.05) is 26.4 Å². The summed E-state index contributed by atoms with van der Waals surface area (Å²) in [6.07, 6.45) is 60.4. The second kappa shape index (κ2) is 49.4. The quantitative estimate of drug-likeness (QED) is 0.0267. The van der Waals surface area contributed by atoms with Gasteiger partial charge in [-0.3, -0.25) is 4.79 Å². The van der Waals surface area contributed by atoms with E-state index in [4.69, 9.17) is 18.9 Å². The molecule has 0 aromatic carbocycles. The van der Waals surface area contributed by atoms with Crippen molar-refractivity contribution in [2.45, 2.75) is 256 Å². The van der Waals surface area contributed by atoms with Gasteiger partial charge in [0.25, 0.3) is 0 Å². The summed E-state index contributed by atoms with van der Waals surface area (Å²) in [7, 11) is 0. The van der Waals surface area contributed by atoms with Crippen LogP contribution in [-0.4, -0.2) is 89.6 Å². The molecule has 6 atom stereocenters. The van der Waals surface area contributed by atoms with E-state index in [1.165, 1.54) is 116 Å². The smallest absolute Gasteiger partial charge is 0.306 e. The number of ether oxygens (including phenoxy) is 4. The molecule has 392 valence electrons. The first-order valence-electron chi connectivity index (χ1n) is 27.7. The Bertz CT molecular complexity index is 1320. The van der Waals surface area contributed by atoms with E-state index in [0.29, 0.717) is 13.0 Å². The molecule has 9 heteroatoms. The van der Waals surface area contributed by atoms with E-state index in [9.17, 15) is 25.2 Å². The second-order valence-corrected chi connectivity index (χ2v) is 18.6. The molecule has 4 N–H and O–H groups in total. The second-order valence-electron chi connectivity index (χ2n) is 18.6.